The van der Waals surface area contributed by atoms with Crippen LogP contribution in [-0.2, 0) is 6.42 Å². The van der Waals surface area contributed by atoms with E-state index in [0.717, 1.165) is 6.42 Å². The van der Waals surface area contributed by atoms with Crippen molar-refractivity contribution in [3.63, 3.8) is 0 Å². The highest BCUT2D eigenvalue weighted by molar-refractivity contribution is 6.44. The molecule has 9 heteroatoms. The predicted octanol–water partition coefficient (Wildman–Crippen LogP) is 6.62. The fourth-order valence-corrected chi connectivity index (χ4v) is 4.20. The number of aromatic nitrogens is 1. The monoisotopic (exact) mass is 500 g/mol. The maximum absolute atomic E-state index is 13.5. The first-order valence-corrected chi connectivity index (χ1v) is 11.2. The first-order chi connectivity index (χ1) is 16.2. The number of aromatic carboxylic acids is 1. The Balaban J connectivity index is 2.04. The Labute approximate surface area is 204 Å². The van der Waals surface area contributed by atoms with Gasteiger partial charge in [0, 0.05) is 18.2 Å². The van der Waals surface area contributed by atoms with Crippen molar-refractivity contribution in [2.75, 3.05) is 7.05 Å². The number of amides is 1. The molecule has 6 nitrogen and oxygen atoms in total. The van der Waals surface area contributed by atoms with Crippen LogP contribution in [0.25, 0.3) is 33.6 Å². The summed E-state index contributed by atoms with van der Waals surface area (Å²) in [6.07, 6.45) is 1.32. The number of pyridine rings is 1. The molecule has 0 bridgehead atoms. The molecule has 0 unspecified atom stereocenters. The van der Waals surface area contributed by atoms with Crippen molar-refractivity contribution >= 4 is 46.2 Å². The molecule has 2 aromatic heterocycles. The highest BCUT2D eigenvalue weighted by Gasteiger charge is 2.25. The lowest BCUT2D eigenvalue weighted by Gasteiger charge is -2.11. The van der Waals surface area contributed by atoms with Crippen LogP contribution in [0, 0.1) is 5.82 Å². The van der Waals surface area contributed by atoms with Crippen LogP contribution in [0.15, 0.2) is 46.9 Å². The van der Waals surface area contributed by atoms with E-state index in [0.29, 0.717) is 34.2 Å². The predicted molar refractivity (Wildman–Crippen MR) is 129 cm³/mol. The minimum atomic E-state index is -1.22. The summed E-state index contributed by atoms with van der Waals surface area (Å²) in [6, 6.07) is 10.3. The topological polar surface area (TPSA) is 92.4 Å². The number of aryl methyl sites for hydroxylation is 1. The molecule has 0 spiro atoms. The fourth-order valence-electron chi connectivity index (χ4n) is 3.79. The first-order valence-electron chi connectivity index (χ1n) is 10.4. The molecule has 2 heterocycles. The molecule has 2 N–H and O–H groups in total. The molecule has 4 aromatic rings. The number of halogens is 3. The number of furan rings is 1. The maximum Gasteiger partial charge on any atom is 0.337 e. The van der Waals surface area contributed by atoms with Crippen LogP contribution in [0.5, 0.6) is 0 Å². The number of nitrogens with one attached hydrogen (secondary N) is 1. The molecule has 0 saturated heterocycles. The number of carbonyl (C=O) groups excluding carboxylic acids is 1. The molecule has 0 aliphatic heterocycles. The van der Waals surface area contributed by atoms with Crippen LogP contribution in [0.3, 0.4) is 0 Å². The van der Waals surface area contributed by atoms with Gasteiger partial charge in [0.25, 0.3) is 5.91 Å². The summed E-state index contributed by atoms with van der Waals surface area (Å²) < 4.78 is 19.5. The van der Waals surface area contributed by atoms with E-state index in [1.165, 1.54) is 37.4 Å². The van der Waals surface area contributed by atoms with E-state index >= 15 is 0 Å². The van der Waals surface area contributed by atoms with Gasteiger partial charge >= 0.3 is 5.97 Å². The Bertz CT molecular complexity index is 1430. The van der Waals surface area contributed by atoms with Crippen molar-refractivity contribution in [2.45, 2.75) is 19.8 Å². The van der Waals surface area contributed by atoms with Gasteiger partial charge in [-0.05, 0) is 54.4 Å². The van der Waals surface area contributed by atoms with Gasteiger partial charge in [0.1, 0.15) is 11.6 Å². The third-order valence-corrected chi connectivity index (χ3v) is 6.18. The summed E-state index contributed by atoms with van der Waals surface area (Å²) in [5, 5.41) is 12.6. The molecule has 0 aliphatic rings. The maximum atomic E-state index is 13.5. The van der Waals surface area contributed by atoms with Gasteiger partial charge in [0.05, 0.1) is 32.3 Å². The van der Waals surface area contributed by atoms with Crippen LogP contribution in [0.1, 0.15) is 39.8 Å². The lowest BCUT2D eigenvalue weighted by Crippen LogP contribution is -2.18. The number of carboxylic acid groups (broad SMARTS) is 1. The molecule has 0 atom stereocenters. The zero-order valence-corrected chi connectivity index (χ0v) is 19.7. The van der Waals surface area contributed by atoms with Crippen LogP contribution in [0.4, 0.5) is 4.39 Å². The van der Waals surface area contributed by atoms with E-state index in [4.69, 9.17) is 27.6 Å². The number of hydrogen-bond donors (Lipinski definition) is 2. The van der Waals surface area contributed by atoms with Crippen LogP contribution in [-0.4, -0.2) is 29.0 Å². The number of rotatable bonds is 6. The lowest BCUT2D eigenvalue weighted by atomic mass is 9.97. The van der Waals surface area contributed by atoms with E-state index in [1.54, 1.807) is 12.1 Å². The molecule has 1 amide bonds. The van der Waals surface area contributed by atoms with Gasteiger partial charge in [-0.25, -0.2) is 14.2 Å². The second kappa shape index (κ2) is 9.44. The molecular weight excluding hydrogens is 482 g/mol. The fraction of sp³-hybridized carbons (Fsp3) is 0.160. The minimum Gasteiger partial charge on any atom is -0.478 e. The normalized spacial score (nSPS) is 11.1. The third kappa shape index (κ3) is 4.24. The molecule has 34 heavy (non-hydrogen) atoms. The number of hydrogen-bond acceptors (Lipinski definition) is 4. The Kier molecular flexibility index (Phi) is 6.59. The molecule has 0 fully saturated rings. The Morgan fingerprint density at radius 1 is 1.12 bits per heavy atom. The van der Waals surface area contributed by atoms with Gasteiger partial charge in [0.2, 0.25) is 5.71 Å². The summed E-state index contributed by atoms with van der Waals surface area (Å²) in [6.45, 7) is 1.98. The van der Waals surface area contributed by atoms with Gasteiger partial charge in [-0.2, -0.15) is 0 Å². The summed E-state index contributed by atoms with van der Waals surface area (Å²) in [4.78, 5) is 29.2. The second-order valence-corrected chi connectivity index (χ2v) is 8.39. The number of carboxylic acids is 1. The summed E-state index contributed by atoms with van der Waals surface area (Å²) in [5.41, 5.74) is 2.59. The highest BCUT2D eigenvalue weighted by Crippen LogP contribution is 2.39. The zero-order valence-electron chi connectivity index (χ0n) is 18.2. The average Bonchev–Trinajstić information content (AvgIpc) is 3.18. The van der Waals surface area contributed by atoms with Crippen molar-refractivity contribution in [3.05, 3.63) is 75.1 Å². The lowest BCUT2D eigenvalue weighted by molar-refractivity contribution is 0.0696. The molecule has 174 valence electrons. The molecule has 2 aromatic carbocycles. The Morgan fingerprint density at radius 2 is 1.82 bits per heavy atom. The SMILES string of the molecule is CCCc1nc2oc(-c3ccc(F)cc3)c(C(=O)NC)c2cc1-c1cc(Cl)c(Cl)c(C(=O)O)c1. The first kappa shape index (κ1) is 23.7. The van der Waals surface area contributed by atoms with Crippen molar-refractivity contribution < 1.29 is 23.5 Å². The van der Waals surface area contributed by atoms with Crippen LogP contribution < -0.4 is 5.32 Å². The van der Waals surface area contributed by atoms with Crippen molar-refractivity contribution in [3.8, 4) is 22.5 Å². The highest BCUT2D eigenvalue weighted by atomic mass is 35.5. The molecular formula is C25H19Cl2FN2O4. The van der Waals surface area contributed by atoms with Crippen molar-refractivity contribution in [1.29, 1.82) is 0 Å². The van der Waals surface area contributed by atoms with E-state index in [-0.39, 0.29) is 32.6 Å². The minimum absolute atomic E-state index is 0.0584. The quantitative estimate of drug-likeness (QED) is 0.310. The summed E-state index contributed by atoms with van der Waals surface area (Å²) in [7, 11) is 1.49. The number of carbonyl (C=O) groups is 2. The van der Waals surface area contributed by atoms with Gasteiger partial charge in [-0.3, -0.25) is 4.79 Å². The smallest absolute Gasteiger partial charge is 0.337 e. The van der Waals surface area contributed by atoms with Crippen molar-refractivity contribution in [1.82, 2.24) is 10.3 Å². The van der Waals surface area contributed by atoms with Crippen molar-refractivity contribution in [2.24, 2.45) is 0 Å². The van der Waals surface area contributed by atoms with Gasteiger partial charge < -0.3 is 14.8 Å². The van der Waals surface area contributed by atoms with Gasteiger partial charge in [-0.1, -0.05) is 36.5 Å². The summed E-state index contributed by atoms with van der Waals surface area (Å²) in [5.74, 6) is -1.79. The van der Waals surface area contributed by atoms with Crippen LogP contribution in [0.2, 0.25) is 10.0 Å². The van der Waals surface area contributed by atoms with Crippen LogP contribution >= 0.6 is 23.2 Å². The van der Waals surface area contributed by atoms with Gasteiger partial charge in [-0.15, -0.1) is 0 Å². The molecule has 4 rings (SSSR count). The van der Waals surface area contributed by atoms with E-state index < -0.39 is 17.7 Å². The summed E-state index contributed by atoms with van der Waals surface area (Å²) >= 11 is 12.3. The molecule has 0 radical (unpaired) electrons. The standard InChI is InChI=1S/C25H19Cl2FN2O4/c1-3-4-19-15(13-9-17(25(32)33)21(27)18(26)10-13)11-16-20(23(31)29-2)22(34-24(16)30-19)12-5-7-14(28)8-6-12/h5-11H,3-4H2,1-2H3,(H,29,31)(H,32,33). The van der Waals surface area contributed by atoms with Gasteiger partial charge in [0.15, 0.2) is 0 Å². The Hall–Kier alpha value is -3.42. The van der Waals surface area contributed by atoms with E-state index in [2.05, 4.69) is 10.3 Å². The second-order valence-electron chi connectivity index (χ2n) is 7.60. The average molecular weight is 501 g/mol. The third-order valence-electron chi connectivity index (χ3n) is 5.38. The zero-order chi connectivity index (χ0) is 24.6. The number of benzene rings is 2. The van der Waals surface area contributed by atoms with E-state index in [9.17, 15) is 19.1 Å². The van der Waals surface area contributed by atoms with E-state index in [1.807, 2.05) is 6.92 Å². The number of nitrogens with zero attached hydrogens (tertiary/aromatic N) is 1. The Morgan fingerprint density at radius 3 is 2.44 bits per heavy atom. The molecule has 0 aliphatic carbocycles. The largest absolute Gasteiger partial charge is 0.478 e. The molecule has 0 saturated carbocycles. The number of fused-ring (bicyclic) bond motifs is 1.